The lowest BCUT2D eigenvalue weighted by atomic mass is 10.2. The van der Waals surface area contributed by atoms with E-state index in [0.717, 1.165) is 22.3 Å². The summed E-state index contributed by atoms with van der Waals surface area (Å²) in [6, 6.07) is 5.68. The second-order valence-corrected chi connectivity index (χ2v) is 3.36. The van der Waals surface area contributed by atoms with Gasteiger partial charge in [-0.3, -0.25) is 15.0 Å². The number of aromatic nitrogens is 4. The van der Waals surface area contributed by atoms with E-state index in [1.165, 1.54) is 0 Å². The average Bonchev–Trinajstić information content (AvgIpc) is 2.39. The first-order chi connectivity index (χ1) is 7.93. The van der Waals surface area contributed by atoms with Crippen molar-refractivity contribution < 1.29 is 0 Å². The number of nitrogens with zero attached hydrogens (tertiary/aromatic N) is 4. The first kappa shape index (κ1) is 8.91. The minimum absolute atomic E-state index is 0.806. The molecule has 76 valence electrons. The summed E-state index contributed by atoms with van der Waals surface area (Å²) < 4.78 is 0. The number of hydrogen-bond acceptors (Lipinski definition) is 4. The SMILES string of the molecule is c1cc(-c2cnc3cnccc3n2)ccn1. The van der Waals surface area contributed by atoms with Gasteiger partial charge < -0.3 is 0 Å². The van der Waals surface area contributed by atoms with E-state index in [0.29, 0.717) is 0 Å². The third-order valence-corrected chi connectivity index (χ3v) is 2.32. The molecule has 0 aliphatic rings. The topological polar surface area (TPSA) is 51.6 Å². The zero-order valence-electron chi connectivity index (χ0n) is 8.41. The molecule has 3 aromatic heterocycles. The van der Waals surface area contributed by atoms with Crippen LogP contribution >= 0.6 is 0 Å². The maximum absolute atomic E-state index is 4.52. The van der Waals surface area contributed by atoms with E-state index in [-0.39, 0.29) is 0 Å². The second kappa shape index (κ2) is 3.66. The molecule has 3 heterocycles. The standard InChI is InChI=1S/C12H8N4/c1-4-13-5-2-9(1)11-8-15-12-7-14-6-3-10(12)16-11/h1-8H. The second-order valence-electron chi connectivity index (χ2n) is 3.36. The van der Waals surface area contributed by atoms with Gasteiger partial charge in [0.1, 0.15) is 5.52 Å². The molecule has 0 amide bonds. The average molecular weight is 208 g/mol. The van der Waals surface area contributed by atoms with Gasteiger partial charge in [-0.1, -0.05) is 0 Å². The van der Waals surface area contributed by atoms with E-state index < -0.39 is 0 Å². The van der Waals surface area contributed by atoms with Crippen LogP contribution in [0.15, 0.2) is 49.2 Å². The van der Waals surface area contributed by atoms with Crippen LogP contribution in [0.3, 0.4) is 0 Å². The number of hydrogen-bond donors (Lipinski definition) is 0. The normalized spacial score (nSPS) is 10.5. The van der Waals surface area contributed by atoms with Gasteiger partial charge in [-0.05, 0) is 18.2 Å². The predicted octanol–water partition coefficient (Wildman–Crippen LogP) is 2.09. The Kier molecular flexibility index (Phi) is 2.04. The summed E-state index contributed by atoms with van der Waals surface area (Å²) in [5, 5.41) is 0. The van der Waals surface area contributed by atoms with Crippen LogP contribution < -0.4 is 0 Å². The van der Waals surface area contributed by atoms with E-state index in [1.54, 1.807) is 31.0 Å². The van der Waals surface area contributed by atoms with Crippen LogP contribution in [-0.2, 0) is 0 Å². The number of pyridine rings is 2. The van der Waals surface area contributed by atoms with Crippen molar-refractivity contribution in [3.05, 3.63) is 49.2 Å². The summed E-state index contributed by atoms with van der Waals surface area (Å²) in [5.41, 5.74) is 3.52. The Labute approximate surface area is 92.0 Å². The zero-order chi connectivity index (χ0) is 10.8. The van der Waals surface area contributed by atoms with E-state index in [1.807, 2.05) is 18.2 Å². The monoisotopic (exact) mass is 208 g/mol. The van der Waals surface area contributed by atoms with Gasteiger partial charge in [0.2, 0.25) is 0 Å². The van der Waals surface area contributed by atoms with Crippen LogP contribution in [0.25, 0.3) is 22.3 Å². The van der Waals surface area contributed by atoms with Gasteiger partial charge in [0.15, 0.2) is 0 Å². The van der Waals surface area contributed by atoms with Gasteiger partial charge in [-0.15, -0.1) is 0 Å². The van der Waals surface area contributed by atoms with Crippen molar-refractivity contribution in [3.8, 4) is 11.3 Å². The van der Waals surface area contributed by atoms with Gasteiger partial charge in [-0.2, -0.15) is 0 Å². The van der Waals surface area contributed by atoms with E-state index in [9.17, 15) is 0 Å². The fourth-order valence-corrected chi connectivity index (χ4v) is 1.52. The van der Waals surface area contributed by atoms with Crippen LogP contribution in [0.2, 0.25) is 0 Å². The minimum atomic E-state index is 0.806. The fourth-order valence-electron chi connectivity index (χ4n) is 1.52. The lowest BCUT2D eigenvalue weighted by Gasteiger charge is -2.01. The van der Waals surface area contributed by atoms with Crippen molar-refractivity contribution in [3.63, 3.8) is 0 Å². The van der Waals surface area contributed by atoms with Crippen molar-refractivity contribution in [1.29, 1.82) is 0 Å². The molecule has 0 radical (unpaired) electrons. The Morgan fingerprint density at radius 2 is 1.56 bits per heavy atom. The molecular formula is C12H8N4. The Morgan fingerprint density at radius 1 is 0.750 bits per heavy atom. The van der Waals surface area contributed by atoms with Gasteiger partial charge in [0.25, 0.3) is 0 Å². The van der Waals surface area contributed by atoms with Gasteiger partial charge in [0, 0.05) is 24.2 Å². The minimum Gasteiger partial charge on any atom is -0.265 e. The summed E-state index contributed by atoms with van der Waals surface area (Å²) in [7, 11) is 0. The van der Waals surface area contributed by atoms with Crippen LogP contribution in [0.5, 0.6) is 0 Å². The van der Waals surface area contributed by atoms with E-state index >= 15 is 0 Å². The fraction of sp³-hybridized carbons (Fsp3) is 0. The van der Waals surface area contributed by atoms with Crippen molar-refractivity contribution in [2.45, 2.75) is 0 Å². The van der Waals surface area contributed by atoms with Gasteiger partial charge in [-0.25, -0.2) is 4.98 Å². The van der Waals surface area contributed by atoms with Crippen molar-refractivity contribution in [1.82, 2.24) is 19.9 Å². The van der Waals surface area contributed by atoms with Crippen molar-refractivity contribution in [2.24, 2.45) is 0 Å². The van der Waals surface area contributed by atoms with Crippen LogP contribution in [-0.4, -0.2) is 19.9 Å². The lowest BCUT2D eigenvalue weighted by Crippen LogP contribution is -1.89. The molecule has 3 aromatic rings. The first-order valence-electron chi connectivity index (χ1n) is 4.91. The van der Waals surface area contributed by atoms with E-state index in [4.69, 9.17) is 0 Å². The number of rotatable bonds is 1. The van der Waals surface area contributed by atoms with Crippen LogP contribution in [0.1, 0.15) is 0 Å². The third kappa shape index (κ3) is 1.50. The molecule has 0 N–H and O–H groups in total. The molecule has 0 spiro atoms. The molecule has 0 aliphatic carbocycles. The van der Waals surface area contributed by atoms with Crippen LogP contribution in [0, 0.1) is 0 Å². The summed E-state index contributed by atoms with van der Waals surface area (Å²) in [6.07, 6.45) is 8.66. The molecule has 0 aromatic carbocycles. The summed E-state index contributed by atoms with van der Waals surface area (Å²) in [4.78, 5) is 16.8. The maximum atomic E-state index is 4.52. The molecule has 0 bridgehead atoms. The summed E-state index contributed by atoms with van der Waals surface area (Å²) >= 11 is 0. The highest BCUT2D eigenvalue weighted by atomic mass is 14.8. The molecule has 0 fully saturated rings. The molecule has 4 heteroatoms. The highest BCUT2D eigenvalue weighted by molar-refractivity contribution is 5.75. The molecule has 0 saturated carbocycles. The quantitative estimate of drug-likeness (QED) is 0.614. The number of fused-ring (bicyclic) bond motifs is 1. The Balaban J connectivity index is 2.19. The van der Waals surface area contributed by atoms with Crippen molar-refractivity contribution >= 4 is 11.0 Å². The molecule has 0 atom stereocenters. The third-order valence-electron chi connectivity index (χ3n) is 2.32. The van der Waals surface area contributed by atoms with Crippen LogP contribution in [0.4, 0.5) is 0 Å². The molecule has 4 nitrogen and oxygen atoms in total. The summed E-state index contributed by atoms with van der Waals surface area (Å²) in [6.45, 7) is 0. The van der Waals surface area contributed by atoms with Gasteiger partial charge in [0.05, 0.1) is 23.6 Å². The largest absolute Gasteiger partial charge is 0.265 e. The van der Waals surface area contributed by atoms with Crippen molar-refractivity contribution in [2.75, 3.05) is 0 Å². The summed E-state index contributed by atoms with van der Waals surface area (Å²) in [5.74, 6) is 0. The predicted molar refractivity (Wildman–Crippen MR) is 60.6 cm³/mol. The lowest BCUT2D eigenvalue weighted by molar-refractivity contribution is 1.24. The Hall–Kier alpha value is -2.36. The smallest absolute Gasteiger partial charge is 0.107 e. The molecule has 0 saturated heterocycles. The highest BCUT2D eigenvalue weighted by Gasteiger charge is 2.01. The molecule has 0 aliphatic heterocycles. The Bertz CT molecular complexity index is 622. The first-order valence-corrected chi connectivity index (χ1v) is 4.91. The highest BCUT2D eigenvalue weighted by Crippen LogP contribution is 2.17. The maximum Gasteiger partial charge on any atom is 0.107 e. The molecule has 16 heavy (non-hydrogen) atoms. The molecular weight excluding hydrogens is 200 g/mol. The molecule has 0 unspecified atom stereocenters. The van der Waals surface area contributed by atoms with E-state index in [2.05, 4.69) is 19.9 Å². The zero-order valence-corrected chi connectivity index (χ0v) is 8.41. The van der Waals surface area contributed by atoms with Gasteiger partial charge >= 0.3 is 0 Å². The molecule has 3 rings (SSSR count). The Morgan fingerprint density at radius 3 is 2.44 bits per heavy atom.